The van der Waals surface area contributed by atoms with Crippen LogP contribution in [0.15, 0.2) is 5.34 Å². The lowest BCUT2D eigenvalue weighted by atomic mass is 10.1. The van der Waals surface area contributed by atoms with E-state index in [-0.39, 0.29) is 6.10 Å². The summed E-state index contributed by atoms with van der Waals surface area (Å²) in [5.74, 6) is -0.852. The van der Waals surface area contributed by atoms with Gasteiger partial charge < -0.3 is 14.7 Å². The van der Waals surface area contributed by atoms with Crippen molar-refractivity contribution in [1.82, 2.24) is 0 Å². The highest BCUT2D eigenvalue weighted by Crippen LogP contribution is 2.07. The van der Waals surface area contributed by atoms with Crippen LogP contribution in [0.2, 0.25) is 0 Å². The first-order valence-corrected chi connectivity index (χ1v) is 5.94. The summed E-state index contributed by atoms with van der Waals surface area (Å²) < 4.78 is 4.37. The van der Waals surface area contributed by atoms with Gasteiger partial charge in [0.2, 0.25) is 0 Å². The molecule has 100 valence electrons. The van der Waals surface area contributed by atoms with Gasteiger partial charge in [-0.1, -0.05) is 26.2 Å². The van der Waals surface area contributed by atoms with Gasteiger partial charge in [0.05, 0.1) is 6.61 Å². The second-order valence-corrected chi connectivity index (χ2v) is 4.00. The van der Waals surface area contributed by atoms with Gasteiger partial charge in [-0.05, 0) is 19.8 Å². The molecule has 1 rings (SSSR count). The Kier molecular flexibility index (Phi) is 9.33. The number of hydrogen-bond donors (Lipinski definition) is 1. The molecule has 0 bridgehead atoms. The molecule has 1 saturated heterocycles. The molecular weight excluding hydrogens is 226 g/mol. The van der Waals surface area contributed by atoms with E-state index in [0.717, 1.165) is 12.8 Å². The fourth-order valence-corrected chi connectivity index (χ4v) is 1.18. The molecule has 6 heteroatoms. The van der Waals surface area contributed by atoms with E-state index in [9.17, 15) is 9.70 Å². The third kappa shape index (κ3) is 11.1. The molecule has 1 aliphatic heterocycles. The smallest absolute Gasteiger partial charge is 0.335 e. The first kappa shape index (κ1) is 15.8. The minimum atomic E-state index is -0.852. The van der Waals surface area contributed by atoms with Gasteiger partial charge in [0.25, 0.3) is 0 Å². The van der Waals surface area contributed by atoms with Crippen LogP contribution < -0.4 is 0 Å². The number of nitrogens with zero attached hydrogens (tertiary/aromatic N) is 1. The van der Waals surface area contributed by atoms with Gasteiger partial charge >= 0.3 is 5.97 Å². The van der Waals surface area contributed by atoms with Crippen molar-refractivity contribution in [3.05, 3.63) is 4.91 Å². The van der Waals surface area contributed by atoms with Crippen LogP contribution in [0.5, 0.6) is 0 Å². The van der Waals surface area contributed by atoms with E-state index in [1.807, 2.05) is 6.92 Å². The Morgan fingerprint density at radius 3 is 2.53 bits per heavy atom. The minimum absolute atomic E-state index is 0.00986. The molecule has 1 aliphatic rings. The number of aliphatic carboxylic acids is 1. The largest absolute Gasteiger partial charge is 0.479 e. The molecule has 0 aliphatic carbocycles. The Hall–Kier alpha value is -1.17. The summed E-state index contributed by atoms with van der Waals surface area (Å²) in [5, 5.41) is 10.3. The lowest BCUT2D eigenvalue weighted by molar-refractivity contribution is -0.138. The Morgan fingerprint density at radius 2 is 2.18 bits per heavy atom. The predicted octanol–water partition coefficient (Wildman–Crippen LogP) is 2.51. The molecule has 0 amide bonds. The average molecular weight is 247 g/mol. The third-order valence-electron chi connectivity index (χ3n) is 2.30. The zero-order valence-corrected chi connectivity index (χ0v) is 10.4. The summed E-state index contributed by atoms with van der Waals surface area (Å²) in [5.41, 5.74) is 0. The van der Waals surface area contributed by atoms with Crippen molar-refractivity contribution >= 4 is 5.97 Å². The molecule has 17 heavy (non-hydrogen) atoms. The van der Waals surface area contributed by atoms with E-state index in [4.69, 9.17) is 5.11 Å². The van der Waals surface area contributed by atoms with E-state index in [1.54, 1.807) is 0 Å². The van der Waals surface area contributed by atoms with Crippen LogP contribution in [0.1, 0.15) is 46.0 Å². The lowest BCUT2D eigenvalue weighted by Crippen LogP contribution is -2.02. The van der Waals surface area contributed by atoms with E-state index in [2.05, 4.69) is 21.8 Å². The first-order chi connectivity index (χ1) is 8.11. The molecule has 1 fully saturated rings. The van der Waals surface area contributed by atoms with E-state index in [0.29, 0.717) is 6.61 Å². The highest BCUT2D eigenvalue weighted by Gasteiger charge is 2.30. The molecule has 0 spiro atoms. The van der Waals surface area contributed by atoms with Crippen molar-refractivity contribution < 1.29 is 19.5 Å². The molecule has 6 nitrogen and oxygen atoms in total. The van der Waals surface area contributed by atoms with Crippen molar-refractivity contribution in [1.29, 1.82) is 0 Å². The quantitative estimate of drug-likeness (QED) is 0.308. The standard InChI is InChI=1S/C8H17NO2.C3H4O3/c1-3-4-5-6-7-8(2)11-9-10;4-3(5)2-1-6-2/h8H,3-7H2,1-2H3;2H,1H2,(H,4,5). The second kappa shape index (κ2) is 10.0. The van der Waals surface area contributed by atoms with Crippen LogP contribution in [0.4, 0.5) is 0 Å². The van der Waals surface area contributed by atoms with Gasteiger partial charge in [-0.25, -0.2) is 4.79 Å². The van der Waals surface area contributed by atoms with Crippen molar-refractivity contribution in [2.24, 2.45) is 5.34 Å². The van der Waals surface area contributed by atoms with Gasteiger partial charge in [0.1, 0.15) is 6.10 Å². The van der Waals surface area contributed by atoms with Gasteiger partial charge in [0.15, 0.2) is 11.4 Å². The maximum atomic E-state index is 9.64. The summed E-state index contributed by atoms with van der Waals surface area (Å²) >= 11 is 0. The Balaban J connectivity index is 0.000000354. The highest BCUT2D eigenvalue weighted by atomic mass is 16.7. The van der Waals surface area contributed by atoms with Crippen molar-refractivity contribution in [3.8, 4) is 0 Å². The van der Waals surface area contributed by atoms with E-state index in [1.165, 1.54) is 19.3 Å². The Morgan fingerprint density at radius 1 is 1.53 bits per heavy atom. The van der Waals surface area contributed by atoms with Gasteiger partial charge in [-0.15, -0.1) is 4.91 Å². The molecule has 0 aromatic heterocycles. The lowest BCUT2D eigenvalue weighted by Gasteiger charge is -2.05. The van der Waals surface area contributed by atoms with Crippen LogP contribution in [-0.2, 0) is 14.4 Å². The zero-order chi connectivity index (χ0) is 13.1. The number of carboxylic acids is 1. The minimum Gasteiger partial charge on any atom is -0.479 e. The molecule has 0 saturated carbocycles. The summed E-state index contributed by atoms with van der Waals surface area (Å²) in [7, 11) is 0. The van der Waals surface area contributed by atoms with E-state index >= 15 is 0 Å². The molecule has 1 N–H and O–H groups in total. The zero-order valence-electron chi connectivity index (χ0n) is 10.4. The van der Waals surface area contributed by atoms with Crippen LogP contribution in [0.3, 0.4) is 0 Å². The van der Waals surface area contributed by atoms with Crippen LogP contribution in [0.25, 0.3) is 0 Å². The van der Waals surface area contributed by atoms with Crippen molar-refractivity contribution in [2.45, 2.75) is 58.2 Å². The molecule has 1 heterocycles. The number of carboxylic acid groups (broad SMARTS) is 1. The van der Waals surface area contributed by atoms with Crippen molar-refractivity contribution in [2.75, 3.05) is 6.61 Å². The highest BCUT2D eigenvalue weighted by molar-refractivity contribution is 5.74. The Labute approximate surface area is 101 Å². The normalized spacial score (nSPS) is 18.6. The van der Waals surface area contributed by atoms with Gasteiger partial charge in [-0.3, -0.25) is 0 Å². The summed E-state index contributed by atoms with van der Waals surface area (Å²) in [4.78, 5) is 23.8. The molecule has 0 aromatic rings. The number of ether oxygens (including phenoxy) is 1. The first-order valence-electron chi connectivity index (χ1n) is 5.94. The number of epoxide rings is 1. The SMILES string of the molecule is CCCCCCC(C)ON=O.O=C(O)C1CO1. The second-order valence-electron chi connectivity index (χ2n) is 4.00. The van der Waals surface area contributed by atoms with Gasteiger partial charge in [-0.2, -0.15) is 0 Å². The third-order valence-corrected chi connectivity index (χ3v) is 2.30. The Bertz CT molecular complexity index is 218. The number of unbranched alkanes of at least 4 members (excludes halogenated alkanes) is 3. The fourth-order valence-electron chi connectivity index (χ4n) is 1.18. The summed E-state index contributed by atoms with van der Waals surface area (Å²) in [6.07, 6.45) is 5.30. The van der Waals surface area contributed by atoms with Crippen LogP contribution in [-0.4, -0.2) is 29.9 Å². The maximum Gasteiger partial charge on any atom is 0.335 e. The predicted molar refractivity (Wildman–Crippen MR) is 62.5 cm³/mol. The molecule has 0 aromatic carbocycles. The van der Waals surface area contributed by atoms with E-state index < -0.39 is 12.1 Å². The molecular formula is C11H21NO5. The average Bonchev–Trinajstić information content (AvgIpc) is 3.09. The van der Waals surface area contributed by atoms with Crippen LogP contribution >= 0.6 is 0 Å². The molecule has 0 radical (unpaired) electrons. The number of rotatable bonds is 8. The summed E-state index contributed by atoms with van der Waals surface area (Å²) in [6, 6.07) is 0. The molecule has 2 unspecified atom stereocenters. The maximum absolute atomic E-state index is 9.64. The monoisotopic (exact) mass is 247 g/mol. The summed E-state index contributed by atoms with van der Waals surface area (Å²) in [6.45, 7) is 4.44. The van der Waals surface area contributed by atoms with Crippen LogP contribution in [0, 0.1) is 4.91 Å². The topological polar surface area (TPSA) is 88.5 Å². The fraction of sp³-hybridized carbons (Fsp3) is 0.909. The van der Waals surface area contributed by atoms with Crippen molar-refractivity contribution in [3.63, 3.8) is 0 Å². The molecule has 2 atom stereocenters. The van der Waals surface area contributed by atoms with Gasteiger partial charge in [0, 0.05) is 0 Å². The number of carbonyl (C=O) groups is 1. The number of hydrogen-bond acceptors (Lipinski definition) is 5.